The van der Waals surface area contributed by atoms with Gasteiger partial charge in [0.25, 0.3) is 8.72 Å². The van der Waals surface area contributed by atoms with Gasteiger partial charge in [0.15, 0.2) is 0 Å². The predicted molar refractivity (Wildman–Crippen MR) is 114 cm³/mol. The van der Waals surface area contributed by atoms with E-state index < -0.39 is 0 Å². The van der Waals surface area contributed by atoms with Crippen molar-refractivity contribution >= 4 is 124 Å². The fraction of sp³-hybridized carbons (Fsp3) is 0. The molecule has 2 rings (SSSR count). The summed E-state index contributed by atoms with van der Waals surface area (Å²) in [5.74, 6) is 0. The maximum absolute atomic E-state index is 3.53. The van der Waals surface area contributed by atoms with Gasteiger partial charge in [0.05, 0.1) is 0 Å². The Morgan fingerprint density at radius 2 is 1.25 bits per heavy atom. The fourth-order valence-electron chi connectivity index (χ4n) is 1.48. The molecule has 0 nitrogen and oxygen atoms in total. The van der Waals surface area contributed by atoms with Gasteiger partial charge in [0, 0.05) is 17.1 Å². The van der Waals surface area contributed by atoms with E-state index in [-0.39, 0.29) is 30.2 Å². The molecule has 0 saturated heterocycles. The van der Waals surface area contributed by atoms with E-state index in [1.807, 2.05) is 30.3 Å². The molecule has 0 atom stereocenters. The Hall–Kier alpha value is 2.29. The summed E-state index contributed by atoms with van der Waals surface area (Å²) in [4.78, 5) is 0. The van der Waals surface area contributed by atoms with E-state index in [1.54, 1.807) is 0 Å². The zero-order valence-corrected chi connectivity index (χ0v) is 20.5. The molecule has 10 heteroatoms. The van der Waals surface area contributed by atoms with Gasteiger partial charge in [-0.25, -0.2) is 11.5 Å². The van der Waals surface area contributed by atoms with Gasteiger partial charge in [-0.2, -0.15) is 80.0 Å². The quantitative estimate of drug-likeness (QED) is 0.333. The Kier molecular flexibility index (Phi) is 13.1. The molecule has 0 aliphatic rings. The topological polar surface area (TPSA) is 0 Å². The second kappa shape index (κ2) is 11.8. The van der Waals surface area contributed by atoms with Gasteiger partial charge in [-0.1, -0.05) is 0 Å². The number of halogens is 6. The third-order valence-electron chi connectivity index (χ3n) is 2.31. The maximum Gasteiger partial charge on any atom is 0.304 e. The van der Waals surface area contributed by atoms with Crippen LogP contribution >= 0.6 is 94.5 Å². The van der Waals surface area contributed by atoms with Crippen LogP contribution in [0, 0.1) is 0 Å². The van der Waals surface area contributed by atoms with E-state index in [2.05, 4.69) is 107 Å². The van der Waals surface area contributed by atoms with E-state index in [1.165, 1.54) is 16.4 Å². The monoisotopic (exact) mass is 690 g/mol. The van der Waals surface area contributed by atoms with Crippen molar-refractivity contribution in [1.82, 2.24) is 0 Å². The zero-order valence-electron chi connectivity index (χ0n) is 9.89. The number of hydrogen-bond acceptors (Lipinski definition) is 0. The van der Waals surface area contributed by atoms with Crippen molar-refractivity contribution in [1.29, 1.82) is 0 Å². The third-order valence-corrected chi connectivity index (χ3v) is 5.20. The first-order chi connectivity index (χ1) is 8.95. The molecule has 0 bridgehead atoms. The van der Waals surface area contributed by atoms with Crippen molar-refractivity contribution in [2.24, 2.45) is 0 Å². The van der Waals surface area contributed by atoms with Crippen LogP contribution in [0.4, 0.5) is 0 Å². The summed E-state index contributed by atoms with van der Waals surface area (Å²) in [6, 6.07) is 14.2. The molecule has 0 aliphatic carbocycles. The zero-order chi connectivity index (χ0) is 14.4. The Bertz CT molecular complexity index is 429. The Balaban J connectivity index is 0.000000507. The van der Waals surface area contributed by atoms with Crippen LogP contribution in [0.15, 0.2) is 42.5 Å². The predicted octanol–water partition coefficient (Wildman–Crippen LogP) is 4.26. The van der Waals surface area contributed by atoms with Crippen LogP contribution in [0.1, 0.15) is 0 Å². The van der Waals surface area contributed by atoms with Gasteiger partial charge in [-0.15, -0.1) is 31.5 Å². The van der Waals surface area contributed by atoms with Gasteiger partial charge >= 0.3 is 4.36 Å². The van der Waals surface area contributed by atoms with Crippen LogP contribution in [0.3, 0.4) is 0 Å². The largest absolute Gasteiger partial charge is 0.748 e. The van der Waals surface area contributed by atoms with E-state index >= 15 is 0 Å². The number of rotatable bonds is 3. The van der Waals surface area contributed by atoms with Crippen molar-refractivity contribution in [3.8, 4) is 0 Å². The maximum atomic E-state index is 3.53. The molecule has 0 saturated carbocycles. The molecule has 0 heterocycles. The minimum absolute atomic E-state index is 0. The van der Waals surface area contributed by atoms with E-state index in [9.17, 15) is 0 Å². The SMILES string of the molecule is BrB(Br)c1cc[c-](B(Br)Br)c1B(Br)Br.[Fe].[cH-]1[cH-][cH-][cH-][cH-]1. The second-order valence-corrected chi connectivity index (χ2v) is 12.7. The average molecular weight is 695 g/mol. The third kappa shape index (κ3) is 7.24. The molecular weight excluding hydrogens is 688 g/mol. The van der Waals surface area contributed by atoms with Crippen LogP contribution in [-0.4, -0.2) is 13.1 Å². The van der Waals surface area contributed by atoms with Crippen molar-refractivity contribution in [3.63, 3.8) is 0 Å². The van der Waals surface area contributed by atoms with Gasteiger partial charge in [-0.05, 0) is 0 Å². The van der Waals surface area contributed by atoms with Crippen LogP contribution in [-0.2, 0) is 17.1 Å². The Morgan fingerprint density at radius 1 is 0.800 bits per heavy atom. The first-order valence-corrected chi connectivity index (χ1v) is 10.7. The van der Waals surface area contributed by atoms with Crippen LogP contribution in [0.5, 0.6) is 0 Å². The van der Waals surface area contributed by atoms with Gasteiger partial charge in [0.2, 0.25) is 0 Å². The molecule has 0 N–H and O–H groups in total. The van der Waals surface area contributed by atoms with Crippen LogP contribution < -0.4 is 16.4 Å². The average Bonchev–Trinajstić information content (AvgIpc) is 3.01. The summed E-state index contributed by atoms with van der Waals surface area (Å²) in [7, 11) is 0. The number of hydrogen-bond donors (Lipinski definition) is 0. The second-order valence-electron chi connectivity index (χ2n) is 3.52. The fourth-order valence-corrected chi connectivity index (χ4v) is 4.13. The summed E-state index contributed by atoms with van der Waals surface area (Å²) in [6.45, 7) is 0. The summed E-state index contributed by atoms with van der Waals surface area (Å²) < 4.78 is 0.510. The van der Waals surface area contributed by atoms with Crippen molar-refractivity contribution < 1.29 is 17.1 Å². The van der Waals surface area contributed by atoms with Crippen molar-refractivity contribution in [3.05, 3.63) is 42.5 Å². The molecule has 0 spiro atoms. The molecule has 0 aromatic heterocycles. The molecule has 2 aromatic carbocycles. The van der Waals surface area contributed by atoms with E-state index in [0.29, 0.717) is 0 Å². The molecule has 0 radical (unpaired) electrons. The van der Waals surface area contributed by atoms with Gasteiger partial charge in [0.1, 0.15) is 0 Å². The first-order valence-electron chi connectivity index (χ1n) is 5.25. The minimum Gasteiger partial charge on any atom is -0.748 e. The standard InChI is InChI=1S/C5H2B3Br6.C5H5.Fe/c9-6(10)3-1-2-4(7(11)12)5(3)8(13)14;1-2-4-5-3-1;/h1-2H;1-5H;/q-1;-5;. The molecule has 2 aromatic rings. The minimum atomic E-state index is 0. The molecule has 0 aliphatic heterocycles. The molecule has 0 unspecified atom stereocenters. The van der Waals surface area contributed by atoms with Crippen molar-refractivity contribution in [2.45, 2.75) is 0 Å². The van der Waals surface area contributed by atoms with E-state index in [4.69, 9.17) is 0 Å². The Morgan fingerprint density at radius 3 is 1.55 bits per heavy atom. The molecule has 112 valence electrons. The molecular formula is C10H7B3Br6Fe-6. The van der Waals surface area contributed by atoms with E-state index in [0.717, 1.165) is 0 Å². The summed E-state index contributed by atoms with van der Waals surface area (Å²) >= 11 is 21.1. The van der Waals surface area contributed by atoms with Crippen LogP contribution in [0.2, 0.25) is 0 Å². The molecule has 20 heavy (non-hydrogen) atoms. The summed E-state index contributed by atoms with van der Waals surface area (Å²) in [5.41, 5.74) is 3.69. The molecule has 0 fully saturated rings. The normalized spacial score (nSPS) is 9.10. The van der Waals surface area contributed by atoms with Gasteiger partial charge in [-0.3, -0.25) is 0 Å². The van der Waals surface area contributed by atoms with Crippen molar-refractivity contribution in [2.75, 3.05) is 0 Å². The van der Waals surface area contributed by atoms with Gasteiger partial charge < -0.3 is 30.3 Å². The summed E-state index contributed by atoms with van der Waals surface area (Å²) in [6.07, 6.45) is 0. The molecule has 0 amide bonds. The first kappa shape index (κ1) is 22.3. The van der Waals surface area contributed by atoms with Crippen LogP contribution in [0.25, 0.3) is 0 Å². The smallest absolute Gasteiger partial charge is 0.304 e. The summed E-state index contributed by atoms with van der Waals surface area (Å²) in [5, 5.41) is 0. The Labute approximate surface area is 181 Å².